The molecule has 0 aliphatic carbocycles. The first-order valence-electron chi connectivity index (χ1n) is 8.84. The molecule has 1 aliphatic heterocycles. The summed E-state index contributed by atoms with van der Waals surface area (Å²) < 4.78 is 5.22. The van der Waals surface area contributed by atoms with Gasteiger partial charge in [0.2, 0.25) is 0 Å². The van der Waals surface area contributed by atoms with Crippen LogP contribution in [0.2, 0.25) is 0 Å². The minimum Gasteiger partial charge on any atom is -0.462 e. The van der Waals surface area contributed by atoms with Gasteiger partial charge in [-0.3, -0.25) is 9.69 Å². The van der Waals surface area contributed by atoms with E-state index in [0.29, 0.717) is 25.8 Å². The number of carbonyl (C=O) groups excluding carboxylic acids is 1. The first-order valence-corrected chi connectivity index (χ1v) is 8.84. The lowest BCUT2D eigenvalue weighted by Crippen LogP contribution is -2.54. The number of esters is 1. The van der Waals surface area contributed by atoms with Crippen molar-refractivity contribution in [3.8, 4) is 0 Å². The summed E-state index contributed by atoms with van der Waals surface area (Å²) in [6.45, 7) is 9.39. The van der Waals surface area contributed by atoms with Crippen LogP contribution in [-0.2, 0) is 9.53 Å². The summed E-state index contributed by atoms with van der Waals surface area (Å²) in [5, 5.41) is 31.5. The minimum atomic E-state index is -1.55. The summed E-state index contributed by atoms with van der Waals surface area (Å²) in [6.07, 6.45) is 0.664. The van der Waals surface area contributed by atoms with E-state index in [4.69, 9.17) is 4.74 Å². The molecule has 0 bridgehead atoms. The molecule has 3 N–H and O–H groups in total. The van der Waals surface area contributed by atoms with Gasteiger partial charge >= 0.3 is 5.97 Å². The summed E-state index contributed by atoms with van der Waals surface area (Å²) in [5.41, 5.74) is -2.39. The van der Waals surface area contributed by atoms with E-state index in [1.54, 1.807) is 18.9 Å². The zero-order chi connectivity index (χ0) is 18.7. The Balaban J connectivity index is 2.97. The van der Waals surface area contributed by atoms with Crippen LogP contribution in [0.3, 0.4) is 0 Å². The normalized spacial score (nSPS) is 44.6. The highest BCUT2D eigenvalue weighted by Gasteiger charge is 2.37. The third kappa shape index (κ3) is 6.31. The van der Waals surface area contributed by atoms with Gasteiger partial charge < -0.3 is 20.1 Å². The Morgan fingerprint density at radius 3 is 2.25 bits per heavy atom. The monoisotopic (exact) mass is 345 g/mol. The van der Waals surface area contributed by atoms with Crippen LogP contribution in [0.1, 0.15) is 53.9 Å². The Morgan fingerprint density at radius 2 is 1.67 bits per heavy atom. The van der Waals surface area contributed by atoms with Crippen molar-refractivity contribution in [2.45, 2.75) is 71.3 Å². The molecule has 24 heavy (non-hydrogen) atoms. The molecule has 0 aromatic heterocycles. The van der Waals surface area contributed by atoms with Crippen molar-refractivity contribution < 1.29 is 24.9 Å². The molecule has 0 unspecified atom stereocenters. The SMILES string of the molecule is C[C@H]1C[C@@H](C)C(=O)OC[C@@](C)(O)[C@H](O)N(C)C[C@H](C)C[C@@](C)(O)C1. The standard InChI is InChI=1S/C18H35NO5/c1-12-7-14(3)15(20)24-11-18(5,23)16(21)19(6)10-13(2)9-17(4,22)8-12/h12-14,16,21-23H,7-11H2,1-6H3/t12-,13+,14+,16-,17-,18+/m0/s1. The maximum atomic E-state index is 12.1. The van der Waals surface area contributed by atoms with Gasteiger partial charge in [-0.25, -0.2) is 0 Å². The van der Waals surface area contributed by atoms with Crippen molar-refractivity contribution in [2.24, 2.45) is 17.8 Å². The van der Waals surface area contributed by atoms with Crippen LogP contribution in [0.15, 0.2) is 0 Å². The number of hydrogen-bond acceptors (Lipinski definition) is 6. The molecule has 1 fully saturated rings. The predicted octanol–water partition coefficient (Wildman–Crippen LogP) is 1.37. The highest BCUT2D eigenvalue weighted by atomic mass is 16.5. The second-order valence-electron chi connectivity index (χ2n) is 8.53. The molecule has 6 heteroatoms. The van der Waals surface area contributed by atoms with Crippen molar-refractivity contribution in [3.63, 3.8) is 0 Å². The van der Waals surface area contributed by atoms with Gasteiger partial charge in [-0.1, -0.05) is 20.8 Å². The lowest BCUT2D eigenvalue weighted by molar-refractivity contribution is -0.180. The number of carbonyl (C=O) groups is 1. The van der Waals surface area contributed by atoms with Crippen LogP contribution in [0, 0.1) is 17.8 Å². The molecule has 6 atom stereocenters. The molecule has 0 saturated carbocycles. The second kappa shape index (κ2) is 8.13. The van der Waals surface area contributed by atoms with Gasteiger partial charge in [-0.05, 0) is 52.0 Å². The Kier molecular flexibility index (Phi) is 7.23. The van der Waals surface area contributed by atoms with E-state index in [0.717, 1.165) is 0 Å². The van der Waals surface area contributed by atoms with E-state index in [1.165, 1.54) is 6.92 Å². The van der Waals surface area contributed by atoms with Gasteiger partial charge in [0.1, 0.15) is 18.4 Å². The highest BCUT2D eigenvalue weighted by molar-refractivity contribution is 5.72. The Morgan fingerprint density at radius 1 is 1.12 bits per heavy atom. The number of aliphatic hydroxyl groups is 3. The van der Waals surface area contributed by atoms with Gasteiger partial charge in [0.05, 0.1) is 11.5 Å². The Hall–Kier alpha value is -0.690. The lowest BCUT2D eigenvalue weighted by Gasteiger charge is -2.38. The first-order chi connectivity index (χ1) is 10.8. The summed E-state index contributed by atoms with van der Waals surface area (Å²) in [7, 11) is 1.71. The molecule has 0 radical (unpaired) electrons. The average molecular weight is 345 g/mol. The van der Waals surface area contributed by atoms with E-state index < -0.39 is 17.4 Å². The summed E-state index contributed by atoms with van der Waals surface area (Å²) in [6, 6.07) is 0. The van der Waals surface area contributed by atoms with Crippen molar-refractivity contribution in [2.75, 3.05) is 20.2 Å². The van der Waals surface area contributed by atoms with E-state index in [1.807, 2.05) is 20.8 Å². The van der Waals surface area contributed by atoms with Crippen LogP contribution >= 0.6 is 0 Å². The number of likely N-dealkylation sites (N-methyl/N-ethyl adjacent to an activating group) is 1. The van der Waals surface area contributed by atoms with E-state index in [2.05, 4.69) is 0 Å². The highest BCUT2D eigenvalue weighted by Crippen LogP contribution is 2.29. The van der Waals surface area contributed by atoms with Crippen molar-refractivity contribution in [1.29, 1.82) is 0 Å². The van der Waals surface area contributed by atoms with Gasteiger partial charge in [0, 0.05) is 6.54 Å². The molecular weight excluding hydrogens is 310 g/mol. The fourth-order valence-electron chi connectivity index (χ4n) is 3.93. The van der Waals surface area contributed by atoms with E-state index in [-0.39, 0.29) is 30.3 Å². The maximum absolute atomic E-state index is 12.1. The molecule has 142 valence electrons. The molecule has 1 saturated heterocycles. The number of ether oxygens (including phenoxy) is 1. The van der Waals surface area contributed by atoms with Crippen LogP contribution < -0.4 is 0 Å². The van der Waals surface area contributed by atoms with Crippen LogP contribution in [0.25, 0.3) is 0 Å². The Bertz CT molecular complexity index is 424. The molecule has 6 nitrogen and oxygen atoms in total. The molecule has 1 aliphatic rings. The van der Waals surface area contributed by atoms with Crippen LogP contribution in [0.4, 0.5) is 0 Å². The van der Waals surface area contributed by atoms with Gasteiger partial charge in [-0.15, -0.1) is 0 Å². The van der Waals surface area contributed by atoms with Crippen molar-refractivity contribution in [3.05, 3.63) is 0 Å². The summed E-state index contributed by atoms with van der Waals surface area (Å²) in [5.74, 6) is -0.379. The number of cyclic esters (lactones) is 1. The zero-order valence-corrected chi connectivity index (χ0v) is 16.0. The number of rotatable bonds is 0. The molecule has 1 heterocycles. The van der Waals surface area contributed by atoms with E-state index >= 15 is 0 Å². The van der Waals surface area contributed by atoms with Crippen LogP contribution in [0.5, 0.6) is 0 Å². The summed E-state index contributed by atoms with van der Waals surface area (Å²) in [4.78, 5) is 13.8. The maximum Gasteiger partial charge on any atom is 0.308 e. The number of hydrogen-bond donors (Lipinski definition) is 3. The second-order valence-corrected chi connectivity index (χ2v) is 8.53. The first kappa shape index (κ1) is 21.4. The largest absolute Gasteiger partial charge is 0.462 e. The van der Waals surface area contributed by atoms with Gasteiger partial charge in [0.25, 0.3) is 0 Å². The lowest BCUT2D eigenvalue weighted by atomic mass is 9.82. The fourth-order valence-corrected chi connectivity index (χ4v) is 3.93. The number of aliphatic hydroxyl groups excluding tert-OH is 1. The predicted molar refractivity (Wildman–Crippen MR) is 92.2 cm³/mol. The third-order valence-electron chi connectivity index (χ3n) is 4.81. The molecular formula is C18H35NO5. The van der Waals surface area contributed by atoms with Gasteiger partial charge in [0.15, 0.2) is 0 Å². The average Bonchev–Trinajstić information content (AvgIpc) is 2.40. The molecule has 0 aromatic rings. The molecule has 0 amide bonds. The Labute approximate surface area is 145 Å². The van der Waals surface area contributed by atoms with Gasteiger partial charge in [-0.2, -0.15) is 0 Å². The van der Waals surface area contributed by atoms with Crippen molar-refractivity contribution >= 4 is 5.97 Å². The van der Waals surface area contributed by atoms with E-state index in [9.17, 15) is 20.1 Å². The summed E-state index contributed by atoms with van der Waals surface area (Å²) >= 11 is 0. The smallest absolute Gasteiger partial charge is 0.308 e. The zero-order valence-electron chi connectivity index (χ0n) is 16.0. The minimum absolute atomic E-state index is 0.144. The van der Waals surface area contributed by atoms with Crippen LogP contribution in [-0.4, -0.2) is 63.8 Å². The fraction of sp³-hybridized carbons (Fsp3) is 0.944. The number of nitrogens with zero attached hydrogens (tertiary/aromatic N) is 1. The van der Waals surface area contributed by atoms with Crippen molar-refractivity contribution in [1.82, 2.24) is 4.90 Å². The topological polar surface area (TPSA) is 90.2 Å². The molecule has 1 rings (SSSR count). The quantitative estimate of drug-likeness (QED) is 0.575. The third-order valence-corrected chi connectivity index (χ3v) is 4.81. The molecule has 0 aromatic carbocycles. The molecule has 0 spiro atoms.